The van der Waals surface area contributed by atoms with Crippen LogP contribution in [0.25, 0.3) is 0 Å². The zero-order valence-corrected chi connectivity index (χ0v) is 10.6. The highest BCUT2D eigenvalue weighted by Crippen LogP contribution is 2.21. The first-order valence-corrected chi connectivity index (χ1v) is 5.74. The van der Waals surface area contributed by atoms with Gasteiger partial charge in [0.2, 0.25) is 0 Å². The summed E-state index contributed by atoms with van der Waals surface area (Å²) in [4.78, 5) is 2.52. The quantitative estimate of drug-likeness (QED) is 0.807. The van der Waals surface area contributed by atoms with E-state index in [4.69, 9.17) is 4.74 Å². The lowest BCUT2D eigenvalue weighted by Gasteiger charge is -2.26. The van der Waals surface area contributed by atoms with Crippen LogP contribution in [0, 0.1) is 0 Å². The lowest BCUT2D eigenvalue weighted by Crippen LogP contribution is -2.29. The number of rotatable bonds is 3. The van der Waals surface area contributed by atoms with Crippen LogP contribution in [0.5, 0.6) is 5.75 Å². The van der Waals surface area contributed by atoms with E-state index in [-0.39, 0.29) is 12.4 Å². The predicted octanol–water partition coefficient (Wildman–Crippen LogP) is 3.10. The zero-order chi connectivity index (χ0) is 10.5. The van der Waals surface area contributed by atoms with Gasteiger partial charge in [0, 0.05) is 12.1 Å². The van der Waals surface area contributed by atoms with Crippen LogP contribution in [0.4, 0.5) is 0 Å². The Morgan fingerprint density at radius 3 is 2.50 bits per heavy atom. The van der Waals surface area contributed by atoms with E-state index in [0.717, 1.165) is 12.3 Å². The Hall–Kier alpha value is -0.730. The van der Waals surface area contributed by atoms with Crippen molar-refractivity contribution in [3.63, 3.8) is 0 Å². The molecular formula is C13H20ClNO. The van der Waals surface area contributed by atoms with Crippen LogP contribution >= 0.6 is 12.4 Å². The summed E-state index contributed by atoms with van der Waals surface area (Å²) < 4.78 is 5.36. The lowest BCUT2D eigenvalue weighted by molar-refractivity contribution is 0.218. The van der Waals surface area contributed by atoms with E-state index in [2.05, 4.69) is 17.0 Å². The molecule has 0 atom stereocenters. The fourth-order valence-electron chi connectivity index (χ4n) is 2.19. The summed E-state index contributed by atoms with van der Waals surface area (Å²) in [5, 5.41) is 0. The Balaban J connectivity index is 0.00000128. The van der Waals surface area contributed by atoms with E-state index in [9.17, 15) is 0 Å². The van der Waals surface area contributed by atoms with E-state index < -0.39 is 0 Å². The van der Waals surface area contributed by atoms with E-state index in [0.29, 0.717) is 0 Å². The molecule has 0 N–H and O–H groups in total. The van der Waals surface area contributed by atoms with Gasteiger partial charge in [-0.3, -0.25) is 4.90 Å². The van der Waals surface area contributed by atoms with Gasteiger partial charge in [0.25, 0.3) is 0 Å². The molecule has 1 aromatic rings. The normalized spacial score (nSPS) is 16.6. The molecule has 2 rings (SSSR count). The molecule has 90 valence electrons. The molecule has 0 amide bonds. The Labute approximate surface area is 104 Å². The van der Waals surface area contributed by atoms with Crippen LogP contribution in [-0.4, -0.2) is 25.1 Å². The summed E-state index contributed by atoms with van der Waals surface area (Å²) in [7, 11) is 1.75. The van der Waals surface area contributed by atoms with Gasteiger partial charge in [-0.2, -0.15) is 0 Å². The average molecular weight is 242 g/mol. The third-order valence-electron chi connectivity index (χ3n) is 3.04. The number of likely N-dealkylation sites (tertiary alicyclic amines) is 1. The average Bonchev–Trinajstić information content (AvgIpc) is 2.31. The van der Waals surface area contributed by atoms with E-state index in [1.807, 2.05) is 12.1 Å². The Morgan fingerprint density at radius 1 is 1.12 bits per heavy atom. The first-order chi connectivity index (χ1) is 7.40. The van der Waals surface area contributed by atoms with Gasteiger partial charge in [0.05, 0.1) is 7.11 Å². The third kappa shape index (κ3) is 3.39. The van der Waals surface area contributed by atoms with E-state index >= 15 is 0 Å². The summed E-state index contributed by atoms with van der Waals surface area (Å²) in [6, 6.07) is 8.31. The molecule has 0 spiro atoms. The maximum Gasteiger partial charge on any atom is 0.123 e. The molecule has 1 aliphatic heterocycles. The van der Waals surface area contributed by atoms with Gasteiger partial charge in [-0.1, -0.05) is 24.6 Å². The summed E-state index contributed by atoms with van der Waals surface area (Å²) in [6.07, 6.45) is 4.08. The fourth-order valence-corrected chi connectivity index (χ4v) is 2.19. The van der Waals surface area contributed by atoms with Gasteiger partial charge in [-0.25, -0.2) is 0 Å². The number of piperidine rings is 1. The predicted molar refractivity (Wildman–Crippen MR) is 69.4 cm³/mol. The fraction of sp³-hybridized carbons (Fsp3) is 0.538. The molecular weight excluding hydrogens is 222 g/mol. The maximum atomic E-state index is 5.36. The number of ether oxygens (including phenoxy) is 1. The molecule has 3 heteroatoms. The van der Waals surface area contributed by atoms with Gasteiger partial charge < -0.3 is 4.74 Å². The molecule has 1 aliphatic rings. The Bertz CT molecular complexity index is 311. The second kappa shape index (κ2) is 6.77. The number of methoxy groups -OCH3 is 1. The van der Waals surface area contributed by atoms with Crippen LogP contribution in [0.15, 0.2) is 24.3 Å². The van der Waals surface area contributed by atoms with Crippen LogP contribution in [0.3, 0.4) is 0 Å². The molecule has 2 nitrogen and oxygen atoms in total. The largest absolute Gasteiger partial charge is 0.496 e. The van der Waals surface area contributed by atoms with Gasteiger partial charge in [0.15, 0.2) is 0 Å². The van der Waals surface area contributed by atoms with Gasteiger partial charge >= 0.3 is 0 Å². The second-order valence-corrected chi connectivity index (χ2v) is 4.15. The molecule has 0 saturated carbocycles. The molecule has 0 aromatic heterocycles. The highest BCUT2D eigenvalue weighted by molar-refractivity contribution is 5.85. The summed E-state index contributed by atoms with van der Waals surface area (Å²) >= 11 is 0. The summed E-state index contributed by atoms with van der Waals surface area (Å²) in [6.45, 7) is 3.50. The SMILES string of the molecule is COc1ccccc1CN1CCCCC1.Cl. The standard InChI is InChI=1S/C13H19NO.ClH/c1-15-13-8-4-3-7-12(13)11-14-9-5-2-6-10-14;/h3-4,7-8H,2,5-6,9-11H2,1H3;1H. The van der Waals surface area contributed by atoms with Crippen LogP contribution in [0.2, 0.25) is 0 Å². The van der Waals surface area contributed by atoms with Crippen molar-refractivity contribution in [2.24, 2.45) is 0 Å². The van der Waals surface area contributed by atoms with Gasteiger partial charge in [-0.05, 0) is 32.0 Å². The third-order valence-corrected chi connectivity index (χ3v) is 3.04. The van der Waals surface area contributed by atoms with E-state index in [1.54, 1.807) is 7.11 Å². The minimum absolute atomic E-state index is 0. The molecule has 1 heterocycles. The topological polar surface area (TPSA) is 12.5 Å². The van der Waals surface area contributed by atoms with Crippen molar-refractivity contribution in [1.82, 2.24) is 4.90 Å². The number of benzene rings is 1. The number of para-hydroxylation sites is 1. The van der Waals surface area contributed by atoms with Crippen molar-refractivity contribution in [2.45, 2.75) is 25.8 Å². The Kier molecular flexibility index (Phi) is 5.64. The smallest absolute Gasteiger partial charge is 0.123 e. The van der Waals surface area contributed by atoms with Crippen molar-refractivity contribution in [1.29, 1.82) is 0 Å². The van der Waals surface area contributed by atoms with Crippen molar-refractivity contribution in [3.05, 3.63) is 29.8 Å². The maximum absolute atomic E-state index is 5.36. The molecule has 1 saturated heterocycles. The molecule has 16 heavy (non-hydrogen) atoms. The van der Waals surface area contributed by atoms with Gasteiger partial charge in [0.1, 0.15) is 5.75 Å². The minimum Gasteiger partial charge on any atom is -0.496 e. The summed E-state index contributed by atoms with van der Waals surface area (Å²) in [5.41, 5.74) is 1.31. The molecule has 0 bridgehead atoms. The minimum atomic E-state index is 0. The second-order valence-electron chi connectivity index (χ2n) is 4.15. The van der Waals surface area contributed by atoms with Crippen LogP contribution in [0.1, 0.15) is 24.8 Å². The lowest BCUT2D eigenvalue weighted by atomic mass is 10.1. The molecule has 0 unspecified atom stereocenters. The van der Waals surface area contributed by atoms with E-state index in [1.165, 1.54) is 37.9 Å². The van der Waals surface area contributed by atoms with Gasteiger partial charge in [-0.15, -0.1) is 12.4 Å². The summed E-state index contributed by atoms with van der Waals surface area (Å²) in [5.74, 6) is 1.02. The highest BCUT2D eigenvalue weighted by atomic mass is 35.5. The molecule has 0 aliphatic carbocycles. The highest BCUT2D eigenvalue weighted by Gasteiger charge is 2.12. The molecule has 1 aromatic carbocycles. The van der Waals surface area contributed by atoms with Crippen LogP contribution in [-0.2, 0) is 6.54 Å². The van der Waals surface area contributed by atoms with Crippen LogP contribution < -0.4 is 4.74 Å². The molecule has 0 radical (unpaired) electrons. The van der Waals surface area contributed by atoms with Crippen molar-refractivity contribution in [3.8, 4) is 5.75 Å². The number of hydrogen-bond acceptors (Lipinski definition) is 2. The first kappa shape index (κ1) is 13.3. The van der Waals surface area contributed by atoms with Crippen molar-refractivity contribution >= 4 is 12.4 Å². The Morgan fingerprint density at radius 2 is 1.81 bits per heavy atom. The number of nitrogens with zero attached hydrogens (tertiary/aromatic N) is 1. The number of hydrogen-bond donors (Lipinski definition) is 0. The number of halogens is 1. The molecule has 1 fully saturated rings. The van der Waals surface area contributed by atoms with Crippen molar-refractivity contribution < 1.29 is 4.74 Å². The zero-order valence-electron chi connectivity index (χ0n) is 9.82. The first-order valence-electron chi connectivity index (χ1n) is 5.74. The monoisotopic (exact) mass is 241 g/mol. The van der Waals surface area contributed by atoms with Crippen molar-refractivity contribution in [2.75, 3.05) is 20.2 Å².